The summed E-state index contributed by atoms with van der Waals surface area (Å²) in [6.07, 6.45) is 8.15. The first-order valence-electron chi connectivity index (χ1n) is 7.88. The SMILES string of the molecule is CC(=O)NCCCCCC(=O)Nc1ccc(-n2ccnc2)c(Cl)c1. The third kappa shape index (κ3) is 5.70. The molecule has 1 heterocycles. The van der Waals surface area contributed by atoms with Crippen molar-refractivity contribution >= 4 is 29.1 Å². The smallest absolute Gasteiger partial charge is 0.224 e. The molecule has 0 spiro atoms. The van der Waals surface area contributed by atoms with Crippen LogP contribution in [0.3, 0.4) is 0 Å². The summed E-state index contributed by atoms with van der Waals surface area (Å²) in [6.45, 7) is 2.15. The lowest BCUT2D eigenvalue weighted by atomic mass is 10.2. The fraction of sp³-hybridized carbons (Fsp3) is 0.353. The Labute approximate surface area is 146 Å². The van der Waals surface area contributed by atoms with Gasteiger partial charge < -0.3 is 15.2 Å². The molecule has 0 radical (unpaired) electrons. The molecule has 24 heavy (non-hydrogen) atoms. The van der Waals surface area contributed by atoms with Gasteiger partial charge in [0, 0.05) is 38.0 Å². The fourth-order valence-electron chi connectivity index (χ4n) is 2.27. The molecule has 2 rings (SSSR count). The van der Waals surface area contributed by atoms with Crippen LogP contribution in [0.1, 0.15) is 32.6 Å². The van der Waals surface area contributed by atoms with E-state index in [1.807, 2.05) is 16.7 Å². The number of halogens is 1. The molecule has 1 aromatic carbocycles. The van der Waals surface area contributed by atoms with Crippen LogP contribution in [-0.2, 0) is 9.59 Å². The van der Waals surface area contributed by atoms with E-state index in [4.69, 9.17) is 11.6 Å². The summed E-state index contributed by atoms with van der Waals surface area (Å²) in [4.78, 5) is 26.6. The number of amides is 2. The number of carbonyl (C=O) groups is 2. The second-order valence-corrected chi connectivity index (χ2v) is 5.89. The first kappa shape index (κ1) is 18.0. The van der Waals surface area contributed by atoms with E-state index in [0.29, 0.717) is 23.7 Å². The number of hydrogen-bond acceptors (Lipinski definition) is 3. The number of anilines is 1. The Morgan fingerprint density at radius 1 is 1.25 bits per heavy atom. The monoisotopic (exact) mass is 348 g/mol. The topological polar surface area (TPSA) is 76.0 Å². The van der Waals surface area contributed by atoms with Crippen molar-refractivity contribution in [1.29, 1.82) is 0 Å². The lowest BCUT2D eigenvalue weighted by molar-refractivity contribution is -0.119. The maximum atomic E-state index is 11.9. The molecule has 1 aromatic heterocycles. The number of benzene rings is 1. The minimum Gasteiger partial charge on any atom is -0.356 e. The third-order valence-electron chi connectivity index (χ3n) is 3.47. The van der Waals surface area contributed by atoms with Gasteiger partial charge in [0.15, 0.2) is 0 Å². The molecule has 7 heteroatoms. The average Bonchev–Trinajstić information content (AvgIpc) is 3.04. The summed E-state index contributed by atoms with van der Waals surface area (Å²) in [5.41, 5.74) is 1.48. The van der Waals surface area contributed by atoms with Gasteiger partial charge in [-0.1, -0.05) is 18.0 Å². The summed E-state index contributed by atoms with van der Waals surface area (Å²) >= 11 is 6.26. The zero-order valence-electron chi connectivity index (χ0n) is 13.6. The lowest BCUT2D eigenvalue weighted by Crippen LogP contribution is -2.20. The van der Waals surface area contributed by atoms with Crippen LogP contribution in [0.15, 0.2) is 36.9 Å². The number of carbonyl (C=O) groups excluding carboxylic acids is 2. The summed E-state index contributed by atoms with van der Waals surface area (Å²) < 4.78 is 1.81. The van der Waals surface area contributed by atoms with E-state index < -0.39 is 0 Å². The fourth-order valence-corrected chi connectivity index (χ4v) is 2.55. The number of nitrogens with zero attached hydrogens (tertiary/aromatic N) is 2. The largest absolute Gasteiger partial charge is 0.356 e. The van der Waals surface area contributed by atoms with Crippen LogP contribution in [0.2, 0.25) is 5.02 Å². The van der Waals surface area contributed by atoms with E-state index in [9.17, 15) is 9.59 Å². The van der Waals surface area contributed by atoms with Gasteiger partial charge in [0.2, 0.25) is 11.8 Å². The van der Waals surface area contributed by atoms with Crippen molar-refractivity contribution < 1.29 is 9.59 Å². The highest BCUT2D eigenvalue weighted by atomic mass is 35.5. The molecule has 2 amide bonds. The first-order valence-corrected chi connectivity index (χ1v) is 8.26. The highest BCUT2D eigenvalue weighted by Crippen LogP contribution is 2.24. The zero-order valence-corrected chi connectivity index (χ0v) is 14.3. The number of aromatic nitrogens is 2. The van der Waals surface area contributed by atoms with Gasteiger partial charge >= 0.3 is 0 Å². The molecule has 2 aromatic rings. The zero-order chi connectivity index (χ0) is 17.4. The van der Waals surface area contributed by atoms with E-state index >= 15 is 0 Å². The molecule has 0 saturated carbocycles. The van der Waals surface area contributed by atoms with Crippen molar-refractivity contribution in [1.82, 2.24) is 14.9 Å². The molecule has 0 unspecified atom stereocenters. The number of hydrogen-bond donors (Lipinski definition) is 2. The minimum absolute atomic E-state index is 0.0243. The molecule has 0 aliphatic rings. The van der Waals surface area contributed by atoms with E-state index in [1.165, 1.54) is 6.92 Å². The molecule has 2 N–H and O–H groups in total. The second kappa shape index (κ2) is 9.08. The molecule has 0 atom stereocenters. The normalized spacial score (nSPS) is 10.4. The van der Waals surface area contributed by atoms with E-state index in [0.717, 1.165) is 24.9 Å². The van der Waals surface area contributed by atoms with Crippen LogP contribution in [0.5, 0.6) is 0 Å². The lowest BCUT2D eigenvalue weighted by Gasteiger charge is -2.09. The quantitative estimate of drug-likeness (QED) is 0.719. The first-order chi connectivity index (χ1) is 11.6. The summed E-state index contributed by atoms with van der Waals surface area (Å²) in [5, 5.41) is 6.13. The molecule has 128 valence electrons. The van der Waals surface area contributed by atoms with E-state index in [2.05, 4.69) is 15.6 Å². The average molecular weight is 349 g/mol. The predicted molar refractivity (Wildman–Crippen MR) is 94.4 cm³/mol. The van der Waals surface area contributed by atoms with Crippen LogP contribution in [0.25, 0.3) is 5.69 Å². The number of nitrogens with one attached hydrogen (secondary N) is 2. The van der Waals surface area contributed by atoms with Crippen molar-refractivity contribution in [3.05, 3.63) is 41.9 Å². The molecule has 0 aliphatic carbocycles. The molecule has 6 nitrogen and oxygen atoms in total. The van der Waals surface area contributed by atoms with Crippen molar-refractivity contribution in [2.45, 2.75) is 32.6 Å². The molecule has 0 saturated heterocycles. The third-order valence-corrected chi connectivity index (χ3v) is 3.77. The van der Waals surface area contributed by atoms with Crippen molar-refractivity contribution in [3.63, 3.8) is 0 Å². The van der Waals surface area contributed by atoms with Crippen molar-refractivity contribution in [3.8, 4) is 5.69 Å². The Morgan fingerprint density at radius 3 is 2.75 bits per heavy atom. The Kier molecular flexibility index (Phi) is 6.81. The van der Waals surface area contributed by atoms with Crippen molar-refractivity contribution in [2.24, 2.45) is 0 Å². The molecular formula is C17H21ClN4O2. The predicted octanol–water partition coefficient (Wildman–Crippen LogP) is 3.16. The van der Waals surface area contributed by atoms with Crippen LogP contribution < -0.4 is 10.6 Å². The van der Waals surface area contributed by atoms with Gasteiger partial charge in [0.25, 0.3) is 0 Å². The van der Waals surface area contributed by atoms with Gasteiger partial charge in [-0.25, -0.2) is 4.98 Å². The molecule has 0 bridgehead atoms. The number of imidazole rings is 1. The minimum atomic E-state index is -0.0408. The molecular weight excluding hydrogens is 328 g/mol. The highest BCUT2D eigenvalue weighted by Gasteiger charge is 2.07. The Hall–Kier alpha value is -2.34. The van der Waals surface area contributed by atoms with E-state index in [-0.39, 0.29) is 11.8 Å². The van der Waals surface area contributed by atoms with Gasteiger partial charge in [-0.3, -0.25) is 9.59 Å². The van der Waals surface area contributed by atoms with Crippen LogP contribution in [0.4, 0.5) is 5.69 Å². The molecule has 0 aliphatic heterocycles. The standard InChI is InChI=1S/C17H21ClN4O2/c1-13(23)20-8-4-2-3-5-17(24)21-14-6-7-16(15(18)11-14)22-10-9-19-12-22/h6-7,9-12H,2-5,8H2,1H3,(H,20,23)(H,21,24). The number of rotatable bonds is 8. The van der Waals surface area contributed by atoms with Crippen LogP contribution in [-0.4, -0.2) is 27.9 Å². The summed E-state index contributed by atoms with van der Waals surface area (Å²) in [7, 11) is 0. The van der Waals surface area contributed by atoms with Gasteiger partial charge in [-0.15, -0.1) is 0 Å². The van der Waals surface area contributed by atoms with Gasteiger partial charge in [0.05, 0.1) is 17.0 Å². The van der Waals surface area contributed by atoms with Crippen molar-refractivity contribution in [2.75, 3.05) is 11.9 Å². The van der Waals surface area contributed by atoms with Gasteiger partial charge in [-0.2, -0.15) is 0 Å². The second-order valence-electron chi connectivity index (χ2n) is 5.48. The van der Waals surface area contributed by atoms with Crippen LogP contribution >= 0.6 is 11.6 Å². The Morgan fingerprint density at radius 2 is 2.08 bits per heavy atom. The Bertz CT molecular complexity index is 686. The summed E-state index contributed by atoms with van der Waals surface area (Å²) in [5.74, 6) is -0.0651. The Balaban J connectivity index is 1.76. The maximum absolute atomic E-state index is 11.9. The van der Waals surface area contributed by atoms with Gasteiger partial charge in [-0.05, 0) is 31.0 Å². The van der Waals surface area contributed by atoms with Crippen LogP contribution in [0, 0.1) is 0 Å². The van der Waals surface area contributed by atoms with Gasteiger partial charge in [0.1, 0.15) is 0 Å². The summed E-state index contributed by atoms with van der Waals surface area (Å²) in [6, 6.07) is 5.38. The highest BCUT2D eigenvalue weighted by molar-refractivity contribution is 6.32. The molecule has 0 fully saturated rings. The van der Waals surface area contributed by atoms with E-state index in [1.54, 1.807) is 24.8 Å². The number of unbranched alkanes of at least 4 members (excludes halogenated alkanes) is 2. The maximum Gasteiger partial charge on any atom is 0.224 e.